The van der Waals surface area contributed by atoms with Crippen molar-refractivity contribution in [2.45, 2.75) is 38.6 Å². The van der Waals surface area contributed by atoms with E-state index in [1.54, 1.807) is 6.92 Å². The van der Waals surface area contributed by atoms with E-state index in [2.05, 4.69) is 0 Å². The summed E-state index contributed by atoms with van der Waals surface area (Å²) in [5.41, 5.74) is 1.46. The third-order valence-electron chi connectivity index (χ3n) is 5.73. The van der Waals surface area contributed by atoms with E-state index in [4.69, 9.17) is 11.6 Å². The summed E-state index contributed by atoms with van der Waals surface area (Å²) in [4.78, 5) is 29.3. The molecule has 4 nitrogen and oxygen atoms in total. The minimum Gasteiger partial charge on any atom is -0.343 e. The van der Waals surface area contributed by atoms with Crippen molar-refractivity contribution in [2.24, 2.45) is 0 Å². The summed E-state index contributed by atoms with van der Waals surface area (Å²) < 4.78 is 0. The predicted molar refractivity (Wildman–Crippen MR) is 112 cm³/mol. The standard InChI is InChI=1S/C23H27ClN2O2/c1-3-25(17-19-8-7-11-21(24)16-19)22(28)23(20-9-5-4-6-10-20)12-14-26(15-13-23)18(2)27/h4-11,16H,3,12-15,17H2,1-2H3. The quantitative estimate of drug-likeness (QED) is 0.754. The van der Waals surface area contributed by atoms with E-state index in [1.165, 1.54) is 0 Å². The van der Waals surface area contributed by atoms with Crippen LogP contribution in [0.1, 0.15) is 37.8 Å². The molecule has 2 amide bonds. The zero-order chi connectivity index (χ0) is 20.1. The van der Waals surface area contributed by atoms with E-state index in [-0.39, 0.29) is 11.8 Å². The number of likely N-dealkylation sites (N-methyl/N-ethyl adjacent to an activating group) is 1. The van der Waals surface area contributed by atoms with Gasteiger partial charge >= 0.3 is 0 Å². The van der Waals surface area contributed by atoms with E-state index in [0.29, 0.717) is 44.0 Å². The maximum atomic E-state index is 13.8. The summed E-state index contributed by atoms with van der Waals surface area (Å²) in [7, 11) is 0. The lowest BCUT2D eigenvalue weighted by Crippen LogP contribution is -2.53. The Hall–Kier alpha value is -2.33. The topological polar surface area (TPSA) is 40.6 Å². The molecule has 2 aromatic carbocycles. The molecule has 0 spiro atoms. The van der Waals surface area contributed by atoms with Crippen LogP contribution in [0.15, 0.2) is 54.6 Å². The van der Waals surface area contributed by atoms with Gasteiger partial charge in [-0.1, -0.05) is 54.1 Å². The van der Waals surface area contributed by atoms with Crippen LogP contribution in [0.25, 0.3) is 0 Å². The van der Waals surface area contributed by atoms with Crippen LogP contribution in [0.3, 0.4) is 0 Å². The van der Waals surface area contributed by atoms with E-state index >= 15 is 0 Å². The van der Waals surface area contributed by atoms with Gasteiger partial charge in [0.15, 0.2) is 0 Å². The molecule has 1 fully saturated rings. The summed E-state index contributed by atoms with van der Waals surface area (Å²) in [6.07, 6.45) is 1.28. The van der Waals surface area contributed by atoms with Gasteiger partial charge in [-0.3, -0.25) is 9.59 Å². The molecule has 1 heterocycles. The van der Waals surface area contributed by atoms with Gasteiger partial charge in [-0.25, -0.2) is 0 Å². The highest BCUT2D eigenvalue weighted by molar-refractivity contribution is 6.30. The van der Waals surface area contributed by atoms with Gasteiger partial charge < -0.3 is 9.80 Å². The number of carbonyl (C=O) groups excluding carboxylic acids is 2. The maximum Gasteiger partial charge on any atom is 0.233 e. The summed E-state index contributed by atoms with van der Waals surface area (Å²) in [5, 5.41) is 0.675. The van der Waals surface area contributed by atoms with Crippen LogP contribution >= 0.6 is 11.6 Å². The molecule has 0 unspecified atom stereocenters. The Labute approximate surface area is 172 Å². The van der Waals surface area contributed by atoms with Crippen molar-refractivity contribution in [3.05, 3.63) is 70.7 Å². The van der Waals surface area contributed by atoms with Gasteiger partial charge in [-0.05, 0) is 43.0 Å². The first kappa shape index (κ1) is 20.4. The largest absolute Gasteiger partial charge is 0.343 e. The van der Waals surface area contributed by atoms with Crippen molar-refractivity contribution in [1.82, 2.24) is 9.80 Å². The maximum absolute atomic E-state index is 13.8. The number of nitrogens with zero attached hydrogens (tertiary/aromatic N) is 2. The van der Waals surface area contributed by atoms with Crippen molar-refractivity contribution in [3.63, 3.8) is 0 Å². The molecule has 0 saturated carbocycles. The number of amides is 2. The SMILES string of the molecule is CCN(Cc1cccc(Cl)c1)C(=O)C1(c2ccccc2)CCN(C(C)=O)CC1. The molecule has 28 heavy (non-hydrogen) atoms. The van der Waals surface area contributed by atoms with Crippen molar-refractivity contribution in [3.8, 4) is 0 Å². The second-order valence-corrected chi connectivity index (χ2v) is 7.84. The van der Waals surface area contributed by atoms with Crippen LogP contribution in [0.4, 0.5) is 0 Å². The van der Waals surface area contributed by atoms with Crippen molar-refractivity contribution in [1.29, 1.82) is 0 Å². The molecule has 3 rings (SSSR count). The number of halogens is 1. The molecular formula is C23H27ClN2O2. The van der Waals surface area contributed by atoms with Crippen LogP contribution < -0.4 is 0 Å². The smallest absolute Gasteiger partial charge is 0.233 e. The Morgan fingerprint density at radius 2 is 1.75 bits per heavy atom. The van der Waals surface area contributed by atoms with Crippen LogP contribution in [-0.2, 0) is 21.5 Å². The predicted octanol–water partition coefficient (Wildman–Crippen LogP) is 4.27. The summed E-state index contributed by atoms with van der Waals surface area (Å²) in [6.45, 7) is 5.95. The third-order valence-corrected chi connectivity index (χ3v) is 5.96. The highest BCUT2D eigenvalue weighted by atomic mass is 35.5. The lowest BCUT2D eigenvalue weighted by molar-refractivity contribution is -0.142. The molecular weight excluding hydrogens is 372 g/mol. The Bertz CT molecular complexity index is 830. The second-order valence-electron chi connectivity index (χ2n) is 7.40. The zero-order valence-electron chi connectivity index (χ0n) is 16.5. The van der Waals surface area contributed by atoms with Gasteiger partial charge in [0.05, 0.1) is 5.41 Å². The second kappa shape index (κ2) is 8.78. The summed E-state index contributed by atoms with van der Waals surface area (Å²) in [5.74, 6) is 0.199. The number of hydrogen-bond donors (Lipinski definition) is 0. The van der Waals surface area contributed by atoms with Crippen molar-refractivity contribution in [2.75, 3.05) is 19.6 Å². The lowest BCUT2D eigenvalue weighted by atomic mass is 9.71. The van der Waals surface area contributed by atoms with Crippen LogP contribution in [0.5, 0.6) is 0 Å². The fourth-order valence-electron chi connectivity index (χ4n) is 4.07. The monoisotopic (exact) mass is 398 g/mol. The average Bonchev–Trinajstić information content (AvgIpc) is 2.72. The Morgan fingerprint density at radius 3 is 2.32 bits per heavy atom. The molecule has 1 aliphatic rings. The number of benzene rings is 2. The Morgan fingerprint density at radius 1 is 1.07 bits per heavy atom. The van der Waals surface area contributed by atoms with Crippen LogP contribution in [-0.4, -0.2) is 41.2 Å². The first-order chi connectivity index (χ1) is 13.5. The minimum absolute atomic E-state index is 0.0698. The fraction of sp³-hybridized carbons (Fsp3) is 0.391. The van der Waals surface area contributed by atoms with Crippen LogP contribution in [0, 0.1) is 0 Å². The Balaban J connectivity index is 1.91. The molecule has 0 aromatic heterocycles. The molecule has 1 saturated heterocycles. The van der Waals surface area contributed by atoms with E-state index < -0.39 is 5.41 Å². The lowest BCUT2D eigenvalue weighted by Gasteiger charge is -2.43. The number of piperidine rings is 1. The normalized spacial score (nSPS) is 15.9. The van der Waals surface area contributed by atoms with Crippen molar-refractivity contribution < 1.29 is 9.59 Å². The van der Waals surface area contributed by atoms with Gasteiger partial charge in [0, 0.05) is 38.1 Å². The number of rotatable bonds is 5. The molecule has 1 aliphatic heterocycles. The molecule has 0 bridgehead atoms. The number of carbonyl (C=O) groups is 2. The van der Waals surface area contributed by atoms with Crippen LogP contribution in [0.2, 0.25) is 5.02 Å². The van der Waals surface area contributed by atoms with E-state index in [9.17, 15) is 9.59 Å². The zero-order valence-corrected chi connectivity index (χ0v) is 17.3. The third kappa shape index (κ3) is 4.22. The summed E-state index contributed by atoms with van der Waals surface area (Å²) >= 11 is 6.13. The molecule has 0 radical (unpaired) electrons. The minimum atomic E-state index is -0.595. The first-order valence-corrected chi connectivity index (χ1v) is 10.2. The van der Waals surface area contributed by atoms with E-state index in [1.807, 2.05) is 71.3 Å². The molecule has 5 heteroatoms. The molecule has 0 aliphatic carbocycles. The highest BCUT2D eigenvalue weighted by Crippen LogP contribution is 2.38. The molecule has 0 N–H and O–H groups in total. The molecule has 0 atom stereocenters. The highest BCUT2D eigenvalue weighted by Gasteiger charge is 2.45. The Kier molecular flexibility index (Phi) is 6.40. The fourth-order valence-corrected chi connectivity index (χ4v) is 4.29. The van der Waals surface area contributed by atoms with Gasteiger partial charge in [0.1, 0.15) is 0 Å². The first-order valence-electron chi connectivity index (χ1n) is 9.81. The number of likely N-dealkylation sites (tertiary alicyclic amines) is 1. The van der Waals surface area contributed by atoms with Gasteiger partial charge in [-0.15, -0.1) is 0 Å². The number of hydrogen-bond acceptors (Lipinski definition) is 2. The van der Waals surface area contributed by atoms with Gasteiger partial charge in [0.2, 0.25) is 11.8 Å². The summed E-state index contributed by atoms with van der Waals surface area (Å²) in [6, 6.07) is 17.7. The van der Waals surface area contributed by atoms with Gasteiger partial charge in [0.25, 0.3) is 0 Å². The average molecular weight is 399 g/mol. The molecule has 148 valence electrons. The van der Waals surface area contributed by atoms with Crippen molar-refractivity contribution >= 4 is 23.4 Å². The van der Waals surface area contributed by atoms with E-state index in [0.717, 1.165) is 11.1 Å². The molecule has 2 aromatic rings. The van der Waals surface area contributed by atoms with Gasteiger partial charge in [-0.2, -0.15) is 0 Å².